The van der Waals surface area contributed by atoms with E-state index >= 15 is 0 Å². The van der Waals surface area contributed by atoms with Crippen molar-refractivity contribution in [3.8, 4) is 0 Å². The first-order valence-corrected chi connectivity index (χ1v) is 13.2. The summed E-state index contributed by atoms with van der Waals surface area (Å²) in [5.41, 5.74) is 2.92. The minimum absolute atomic E-state index is 0.147. The molecule has 0 saturated carbocycles. The quantitative estimate of drug-likeness (QED) is 0.497. The predicted molar refractivity (Wildman–Crippen MR) is 141 cm³/mol. The number of carbonyl (C=O) groups excluding carboxylic acids is 1. The highest BCUT2D eigenvalue weighted by Gasteiger charge is 2.28. The van der Waals surface area contributed by atoms with Gasteiger partial charge in [-0.2, -0.15) is 0 Å². The third-order valence-corrected chi connectivity index (χ3v) is 8.07. The zero-order chi connectivity index (χ0) is 24.8. The number of amides is 1. The normalized spacial score (nSPS) is 14.9. The smallest absolute Gasteiger partial charge is 0.264 e. The van der Waals surface area contributed by atoms with E-state index in [2.05, 4.69) is 29.2 Å². The highest BCUT2D eigenvalue weighted by Crippen LogP contribution is 2.27. The molecule has 3 aromatic rings. The standard InChI is InChI=1S/C28H31N3O3S/c1-23-14-16-25(17-15-23)35(33,34)29(2)27-13-7-6-12-26(27)28(32)31-21-19-30(20-22-31)18-8-11-24-9-4-3-5-10-24/h3-17H,18-22H2,1-2H3/b11-8+. The summed E-state index contributed by atoms with van der Waals surface area (Å²) in [4.78, 5) is 17.7. The molecule has 1 fully saturated rings. The number of piperazine rings is 1. The fourth-order valence-electron chi connectivity index (χ4n) is 4.13. The van der Waals surface area contributed by atoms with Crippen LogP contribution in [0.25, 0.3) is 6.08 Å². The molecule has 0 aromatic heterocycles. The van der Waals surface area contributed by atoms with Crippen LogP contribution in [0.3, 0.4) is 0 Å². The Balaban J connectivity index is 1.43. The van der Waals surface area contributed by atoms with E-state index in [9.17, 15) is 13.2 Å². The molecular formula is C28H31N3O3S. The van der Waals surface area contributed by atoms with Gasteiger partial charge < -0.3 is 4.90 Å². The molecule has 1 aliphatic heterocycles. The van der Waals surface area contributed by atoms with Gasteiger partial charge in [0.05, 0.1) is 16.1 Å². The molecular weight excluding hydrogens is 458 g/mol. The molecule has 1 heterocycles. The van der Waals surface area contributed by atoms with Gasteiger partial charge in [0, 0.05) is 39.8 Å². The molecule has 0 unspecified atom stereocenters. The summed E-state index contributed by atoms with van der Waals surface area (Å²) < 4.78 is 27.7. The van der Waals surface area contributed by atoms with E-state index in [0.717, 1.165) is 25.2 Å². The number of nitrogens with zero attached hydrogens (tertiary/aromatic N) is 3. The van der Waals surface area contributed by atoms with Crippen LogP contribution in [0.15, 0.2) is 89.8 Å². The van der Waals surface area contributed by atoms with Crippen molar-refractivity contribution in [2.24, 2.45) is 0 Å². The molecule has 0 N–H and O–H groups in total. The number of anilines is 1. The second-order valence-corrected chi connectivity index (χ2v) is 10.7. The van der Waals surface area contributed by atoms with Gasteiger partial charge in [-0.1, -0.05) is 72.3 Å². The Hall–Kier alpha value is -3.42. The summed E-state index contributed by atoms with van der Waals surface area (Å²) in [7, 11) is -2.29. The molecule has 0 bridgehead atoms. The third-order valence-electron chi connectivity index (χ3n) is 6.29. The average Bonchev–Trinajstić information content (AvgIpc) is 2.89. The Morgan fingerprint density at radius 1 is 0.886 bits per heavy atom. The first-order valence-electron chi connectivity index (χ1n) is 11.7. The van der Waals surface area contributed by atoms with Gasteiger partial charge in [-0.15, -0.1) is 0 Å². The lowest BCUT2D eigenvalue weighted by molar-refractivity contribution is 0.0651. The van der Waals surface area contributed by atoms with Crippen molar-refractivity contribution >= 4 is 27.7 Å². The van der Waals surface area contributed by atoms with Crippen LogP contribution in [-0.2, 0) is 10.0 Å². The maximum Gasteiger partial charge on any atom is 0.264 e. The lowest BCUT2D eigenvalue weighted by Crippen LogP contribution is -2.48. The Bertz CT molecular complexity index is 1280. The SMILES string of the molecule is Cc1ccc(S(=O)(=O)N(C)c2ccccc2C(=O)N2CCN(C/C=C/c3ccccc3)CC2)cc1. The first-order chi connectivity index (χ1) is 16.9. The van der Waals surface area contributed by atoms with Crippen molar-refractivity contribution in [2.75, 3.05) is 44.1 Å². The van der Waals surface area contributed by atoms with Gasteiger partial charge in [-0.25, -0.2) is 8.42 Å². The van der Waals surface area contributed by atoms with Crippen molar-refractivity contribution in [1.82, 2.24) is 9.80 Å². The molecule has 6 nitrogen and oxygen atoms in total. The average molecular weight is 490 g/mol. The predicted octanol–water partition coefficient (Wildman–Crippen LogP) is 4.29. The molecule has 0 atom stereocenters. The fraction of sp³-hybridized carbons (Fsp3) is 0.250. The van der Waals surface area contributed by atoms with Crippen LogP contribution in [0.2, 0.25) is 0 Å². The lowest BCUT2D eigenvalue weighted by atomic mass is 10.1. The van der Waals surface area contributed by atoms with Crippen molar-refractivity contribution < 1.29 is 13.2 Å². The first kappa shape index (κ1) is 24.7. The number of hydrogen-bond acceptors (Lipinski definition) is 4. The molecule has 1 saturated heterocycles. The number of hydrogen-bond donors (Lipinski definition) is 0. The van der Waals surface area contributed by atoms with Crippen LogP contribution in [0.4, 0.5) is 5.69 Å². The second-order valence-electron chi connectivity index (χ2n) is 8.71. The molecule has 0 radical (unpaired) electrons. The monoisotopic (exact) mass is 489 g/mol. The Labute approximate surface area is 208 Å². The van der Waals surface area contributed by atoms with Gasteiger partial charge in [0.1, 0.15) is 0 Å². The zero-order valence-corrected chi connectivity index (χ0v) is 21.0. The number of aryl methyl sites for hydroxylation is 1. The molecule has 0 spiro atoms. The second kappa shape index (κ2) is 10.9. The van der Waals surface area contributed by atoms with Crippen LogP contribution in [0.1, 0.15) is 21.5 Å². The maximum absolute atomic E-state index is 13.4. The van der Waals surface area contributed by atoms with E-state index in [0.29, 0.717) is 24.3 Å². The van der Waals surface area contributed by atoms with E-state index in [4.69, 9.17) is 0 Å². The summed E-state index contributed by atoms with van der Waals surface area (Å²) in [6.07, 6.45) is 4.26. The van der Waals surface area contributed by atoms with Crippen LogP contribution >= 0.6 is 0 Å². The molecule has 35 heavy (non-hydrogen) atoms. The van der Waals surface area contributed by atoms with Crippen molar-refractivity contribution in [1.29, 1.82) is 0 Å². The number of para-hydroxylation sites is 1. The van der Waals surface area contributed by atoms with Crippen LogP contribution < -0.4 is 4.31 Å². The van der Waals surface area contributed by atoms with Crippen LogP contribution in [-0.4, -0.2) is 63.9 Å². The molecule has 3 aromatic carbocycles. The number of benzene rings is 3. The summed E-state index contributed by atoms with van der Waals surface area (Å²) in [5.74, 6) is -0.147. The molecule has 1 amide bonds. The van der Waals surface area contributed by atoms with Crippen LogP contribution in [0.5, 0.6) is 0 Å². The summed E-state index contributed by atoms with van der Waals surface area (Å²) in [6.45, 7) is 5.47. The lowest BCUT2D eigenvalue weighted by Gasteiger charge is -2.35. The zero-order valence-electron chi connectivity index (χ0n) is 20.2. The van der Waals surface area contributed by atoms with Gasteiger partial charge in [0.2, 0.25) is 0 Å². The van der Waals surface area contributed by atoms with E-state index in [1.165, 1.54) is 16.9 Å². The van der Waals surface area contributed by atoms with Gasteiger partial charge in [-0.3, -0.25) is 14.0 Å². The van der Waals surface area contributed by atoms with Crippen molar-refractivity contribution in [3.63, 3.8) is 0 Å². The Kier molecular flexibility index (Phi) is 7.68. The Morgan fingerprint density at radius 2 is 1.51 bits per heavy atom. The van der Waals surface area contributed by atoms with Gasteiger partial charge in [0.15, 0.2) is 0 Å². The van der Waals surface area contributed by atoms with E-state index in [-0.39, 0.29) is 10.8 Å². The van der Waals surface area contributed by atoms with E-state index < -0.39 is 10.0 Å². The molecule has 0 aliphatic carbocycles. The largest absolute Gasteiger partial charge is 0.336 e. The minimum Gasteiger partial charge on any atom is -0.336 e. The van der Waals surface area contributed by atoms with E-state index in [1.54, 1.807) is 48.5 Å². The van der Waals surface area contributed by atoms with Gasteiger partial charge in [0.25, 0.3) is 15.9 Å². The maximum atomic E-state index is 13.4. The topological polar surface area (TPSA) is 60.9 Å². The highest BCUT2D eigenvalue weighted by molar-refractivity contribution is 7.92. The highest BCUT2D eigenvalue weighted by atomic mass is 32.2. The van der Waals surface area contributed by atoms with Crippen molar-refractivity contribution in [2.45, 2.75) is 11.8 Å². The summed E-state index contributed by atoms with van der Waals surface area (Å²) >= 11 is 0. The summed E-state index contributed by atoms with van der Waals surface area (Å²) in [6, 6.07) is 23.8. The number of rotatable bonds is 7. The molecule has 4 rings (SSSR count). The number of carbonyl (C=O) groups is 1. The van der Waals surface area contributed by atoms with Crippen LogP contribution in [0, 0.1) is 6.92 Å². The third kappa shape index (κ3) is 5.81. The van der Waals surface area contributed by atoms with Crippen molar-refractivity contribution in [3.05, 3.63) is 102 Å². The Morgan fingerprint density at radius 3 is 2.20 bits per heavy atom. The van der Waals surface area contributed by atoms with Gasteiger partial charge >= 0.3 is 0 Å². The van der Waals surface area contributed by atoms with E-state index in [1.807, 2.05) is 30.0 Å². The van der Waals surface area contributed by atoms with Gasteiger partial charge in [-0.05, 0) is 36.8 Å². The fourth-order valence-corrected chi connectivity index (χ4v) is 5.35. The summed E-state index contributed by atoms with van der Waals surface area (Å²) in [5, 5.41) is 0. The molecule has 1 aliphatic rings. The number of sulfonamides is 1. The minimum atomic E-state index is -3.79. The molecule has 182 valence electrons. The molecule has 7 heteroatoms.